The highest BCUT2D eigenvalue weighted by atomic mass is 19.1. The summed E-state index contributed by atoms with van der Waals surface area (Å²) < 4.78 is 27.1. The van der Waals surface area contributed by atoms with Gasteiger partial charge in [0.15, 0.2) is 0 Å². The zero-order valence-corrected chi connectivity index (χ0v) is 12.4. The number of aromatic nitrogens is 1. The first-order chi connectivity index (χ1) is 11.1. The Morgan fingerprint density at radius 1 is 1.30 bits per heavy atom. The van der Waals surface area contributed by atoms with Crippen molar-refractivity contribution in [3.63, 3.8) is 0 Å². The van der Waals surface area contributed by atoms with Gasteiger partial charge in [0.05, 0.1) is 12.1 Å². The van der Waals surface area contributed by atoms with Crippen molar-refractivity contribution in [3.05, 3.63) is 53.7 Å². The molecule has 0 fully saturated rings. The molecule has 1 N–H and O–H groups in total. The molecule has 0 aliphatic rings. The van der Waals surface area contributed by atoms with E-state index in [1.807, 2.05) is 6.07 Å². The van der Waals surface area contributed by atoms with Crippen LogP contribution in [-0.2, 0) is 4.79 Å². The molecular formula is C16H14F2N4O. The van der Waals surface area contributed by atoms with Crippen molar-refractivity contribution in [1.82, 2.24) is 4.98 Å². The van der Waals surface area contributed by atoms with Crippen LogP contribution in [0.25, 0.3) is 0 Å². The molecule has 23 heavy (non-hydrogen) atoms. The second-order valence-electron chi connectivity index (χ2n) is 4.65. The van der Waals surface area contributed by atoms with Gasteiger partial charge in [0.1, 0.15) is 29.2 Å². The first-order valence-corrected chi connectivity index (χ1v) is 6.90. The summed E-state index contributed by atoms with van der Waals surface area (Å²) in [6, 6.07) is 8.52. The predicted molar refractivity (Wildman–Crippen MR) is 81.8 cm³/mol. The standard InChI is InChI=1S/C16H14F2N4O/c1-2-22(16-11(9-19)5-4-8-20-16)10-14(23)21-15-12(17)6-3-7-13(15)18/h3-8H,2,10H2,1H3,(H,21,23). The molecular weight excluding hydrogens is 302 g/mol. The number of nitrogens with zero attached hydrogens (tertiary/aromatic N) is 3. The summed E-state index contributed by atoms with van der Waals surface area (Å²) in [6.45, 7) is 2.00. The monoisotopic (exact) mass is 316 g/mol. The number of amides is 1. The first kappa shape index (κ1) is 16.4. The molecule has 0 aliphatic carbocycles. The fourth-order valence-corrected chi connectivity index (χ4v) is 2.04. The number of para-hydroxylation sites is 1. The van der Waals surface area contributed by atoms with Gasteiger partial charge >= 0.3 is 0 Å². The molecule has 0 saturated heterocycles. The van der Waals surface area contributed by atoms with Crippen molar-refractivity contribution in [1.29, 1.82) is 5.26 Å². The number of benzene rings is 1. The molecule has 0 bridgehead atoms. The van der Waals surface area contributed by atoms with Crippen LogP contribution in [-0.4, -0.2) is 24.0 Å². The third-order valence-electron chi connectivity index (χ3n) is 3.15. The number of rotatable bonds is 5. The fraction of sp³-hybridized carbons (Fsp3) is 0.188. The average Bonchev–Trinajstić information content (AvgIpc) is 2.56. The van der Waals surface area contributed by atoms with Crippen LogP contribution in [0.3, 0.4) is 0 Å². The van der Waals surface area contributed by atoms with Crippen molar-refractivity contribution < 1.29 is 13.6 Å². The maximum atomic E-state index is 13.5. The van der Waals surface area contributed by atoms with E-state index >= 15 is 0 Å². The van der Waals surface area contributed by atoms with E-state index in [0.29, 0.717) is 17.9 Å². The third kappa shape index (κ3) is 3.80. The quantitative estimate of drug-likeness (QED) is 0.921. The Morgan fingerprint density at radius 3 is 2.61 bits per heavy atom. The van der Waals surface area contributed by atoms with E-state index in [4.69, 9.17) is 5.26 Å². The lowest BCUT2D eigenvalue weighted by Gasteiger charge is -2.22. The van der Waals surface area contributed by atoms with E-state index in [-0.39, 0.29) is 6.54 Å². The number of carbonyl (C=O) groups excluding carboxylic acids is 1. The largest absolute Gasteiger partial charge is 0.346 e. The van der Waals surface area contributed by atoms with Crippen LogP contribution in [0.1, 0.15) is 12.5 Å². The van der Waals surface area contributed by atoms with Gasteiger partial charge in [0.2, 0.25) is 5.91 Å². The van der Waals surface area contributed by atoms with Crippen LogP contribution in [0.4, 0.5) is 20.3 Å². The van der Waals surface area contributed by atoms with E-state index in [1.54, 1.807) is 24.0 Å². The SMILES string of the molecule is CCN(CC(=O)Nc1c(F)cccc1F)c1ncccc1C#N. The van der Waals surface area contributed by atoms with E-state index in [1.165, 1.54) is 12.3 Å². The second-order valence-corrected chi connectivity index (χ2v) is 4.65. The highest BCUT2D eigenvalue weighted by molar-refractivity contribution is 5.94. The summed E-state index contributed by atoms with van der Waals surface area (Å²) in [5.74, 6) is -1.96. The Hall–Kier alpha value is -3.01. The van der Waals surface area contributed by atoms with Crippen LogP contribution in [0.15, 0.2) is 36.5 Å². The molecule has 118 valence electrons. The van der Waals surface area contributed by atoms with Crippen LogP contribution in [0.2, 0.25) is 0 Å². The number of carbonyl (C=O) groups is 1. The highest BCUT2D eigenvalue weighted by Gasteiger charge is 2.17. The summed E-state index contributed by atoms with van der Waals surface area (Å²) in [7, 11) is 0. The molecule has 2 aromatic rings. The minimum Gasteiger partial charge on any atom is -0.346 e. The molecule has 1 amide bonds. The number of hydrogen-bond acceptors (Lipinski definition) is 4. The Morgan fingerprint density at radius 2 is 2.00 bits per heavy atom. The Kier molecular flexibility index (Phi) is 5.20. The molecule has 7 heteroatoms. The van der Waals surface area contributed by atoms with Crippen molar-refractivity contribution >= 4 is 17.4 Å². The van der Waals surface area contributed by atoms with E-state index < -0.39 is 23.2 Å². The molecule has 1 heterocycles. The summed E-state index contributed by atoms with van der Waals surface area (Å²) in [4.78, 5) is 17.7. The summed E-state index contributed by atoms with van der Waals surface area (Å²) in [5, 5.41) is 11.3. The van der Waals surface area contributed by atoms with Gasteiger partial charge in [0.25, 0.3) is 0 Å². The Balaban J connectivity index is 2.16. The molecule has 0 aliphatic heterocycles. The average molecular weight is 316 g/mol. The van der Waals surface area contributed by atoms with E-state index in [2.05, 4.69) is 10.3 Å². The Labute approximate surface area is 132 Å². The molecule has 1 aromatic heterocycles. The molecule has 2 rings (SSSR count). The zero-order valence-electron chi connectivity index (χ0n) is 12.4. The minimum absolute atomic E-state index is 0.185. The number of anilines is 2. The van der Waals surface area contributed by atoms with E-state index in [9.17, 15) is 13.6 Å². The van der Waals surface area contributed by atoms with E-state index in [0.717, 1.165) is 12.1 Å². The van der Waals surface area contributed by atoms with Crippen molar-refractivity contribution in [2.75, 3.05) is 23.3 Å². The molecule has 0 spiro atoms. The second kappa shape index (κ2) is 7.31. The number of likely N-dealkylation sites (N-methyl/N-ethyl adjacent to an activating group) is 1. The van der Waals surface area contributed by atoms with Crippen LogP contribution >= 0.6 is 0 Å². The van der Waals surface area contributed by atoms with Gasteiger partial charge < -0.3 is 10.2 Å². The highest BCUT2D eigenvalue weighted by Crippen LogP contribution is 2.19. The third-order valence-corrected chi connectivity index (χ3v) is 3.15. The molecule has 0 saturated carbocycles. The lowest BCUT2D eigenvalue weighted by atomic mass is 10.2. The van der Waals surface area contributed by atoms with Gasteiger partial charge in [-0.1, -0.05) is 6.07 Å². The number of pyridine rings is 1. The smallest absolute Gasteiger partial charge is 0.244 e. The summed E-state index contributed by atoms with van der Waals surface area (Å²) in [6.07, 6.45) is 1.51. The van der Waals surface area contributed by atoms with Gasteiger partial charge in [-0.05, 0) is 31.2 Å². The zero-order chi connectivity index (χ0) is 16.8. The van der Waals surface area contributed by atoms with Crippen LogP contribution in [0.5, 0.6) is 0 Å². The molecule has 0 radical (unpaired) electrons. The first-order valence-electron chi connectivity index (χ1n) is 6.90. The van der Waals surface area contributed by atoms with Gasteiger partial charge in [-0.15, -0.1) is 0 Å². The van der Waals surface area contributed by atoms with Crippen molar-refractivity contribution in [2.45, 2.75) is 6.92 Å². The lowest BCUT2D eigenvalue weighted by molar-refractivity contribution is -0.115. The molecule has 0 atom stereocenters. The minimum atomic E-state index is -0.850. The van der Waals surface area contributed by atoms with Gasteiger partial charge in [-0.2, -0.15) is 5.26 Å². The summed E-state index contributed by atoms with van der Waals surface area (Å²) >= 11 is 0. The van der Waals surface area contributed by atoms with Crippen molar-refractivity contribution in [3.8, 4) is 6.07 Å². The molecule has 1 aromatic carbocycles. The molecule has 0 unspecified atom stereocenters. The summed E-state index contributed by atoms with van der Waals surface area (Å²) in [5.41, 5.74) is -0.172. The van der Waals surface area contributed by atoms with Crippen molar-refractivity contribution in [2.24, 2.45) is 0 Å². The maximum Gasteiger partial charge on any atom is 0.244 e. The van der Waals surface area contributed by atoms with Crippen LogP contribution < -0.4 is 10.2 Å². The van der Waals surface area contributed by atoms with Gasteiger partial charge in [0, 0.05) is 12.7 Å². The van der Waals surface area contributed by atoms with Gasteiger partial charge in [-0.3, -0.25) is 4.79 Å². The fourth-order valence-electron chi connectivity index (χ4n) is 2.04. The topological polar surface area (TPSA) is 69.0 Å². The molecule has 5 nitrogen and oxygen atoms in total. The number of nitriles is 1. The lowest BCUT2D eigenvalue weighted by Crippen LogP contribution is -2.34. The van der Waals surface area contributed by atoms with Gasteiger partial charge in [-0.25, -0.2) is 13.8 Å². The maximum absolute atomic E-state index is 13.5. The Bertz CT molecular complexity index is 738. The predicted octanol–water partition coefficient (Wildman–Crippen LogP) is 2.70. The van der Waals surface area contributed by atoms with Crippen LogP contribution in [0, 0.1) is 23.0 Å². The number of hydrogen-bond donors (Lipinski definition) is 1. The number of nitrogens with one attached hydrogen (secondary N) is 1. The number of halogens is 2. The normalized spacial score (nSPS) is 10.0.